The van der Waals surface area contributed by atoms with E-state index in [1.165, 1.54) is 0 Å². The van der Waals surface area contributed by atoms with Crippen molar-refractivity contribution >= 4 is 16.5 Å². The minimum Gasteiger partial charge on any atom is -0.389 e. The summed E-state index contributed by atoms with van der Waals surface area (Å²) in [5.74, 6) is -3.47. The quantitative estimate of drug-likeness (QED) is 0.445. The average molecular weight is 437 g/mol. The summed E-state index contributed by atoms with van der Waals surface area (Å²) in [6.07, 6.45) is -0.676. The molecular weight excluding hydrogens is 404 g/mol. The van der Waals surface area contributed by atoms with Gasteiger partial charge in [-0.15, -0.1) is 11.3 Å². The zero-order valence-corrected chi connectivity index (χ0v) is 18.8. The van der Waals surface area contributed by atoms with Crippen LogP contribution in [-0.2, 0) is 16.6 Å². The summed E-state index contributed by atoms with van der Waals surface area (Å²) in [5.41, 5.74) is -1.57. The fraction of sp³-hybridized carbons (Fsp3) is 0.773. The van der Waals surface area contributed by atoms with Gasteiger partial charge in [-0.3, -0.25) is 0 Å². The first kappa shape index (κ1) is 20.8. The molecule has 5 aliphatic rings. The molecule has 8 heteroatoms. The first-order chi connectivity index (χ1) is 13.9. The molecule has 6 rings (SSSR count). The summed E-state index contributed by atoms with van der Waals surface area (Å²) < 4.78 is 5.91. The highest BCUT2D eigenvalue weighted by atomic mass is 32.1. The monoisotopic (exact) mass is 436 g/mol. The first-order valence-electron chi connectivity index (χ1n) is 10.7. The fourth-order valence-corrected chi connectivity index (χ4v) is 8.67. The van der Waals surface area contributed by atoms with Gasteiger partial charge in [0.2, 0.25) is 5.79 Å². The molecule has 30 heavy (non-hydrogen) atoms. The van der Waals surface area contributed by atoms with Crippen LogP contribution in [0.25, 0.3) is 0 Å². The molecule has 4 fully saturated rings. The Labute approximate surface area is 180 Å². The van der Waals surface area contributed by atoms with E-state index in [1.807, 2.05) is 14.0 Å². The predicted octanol–water partition coefficient (Wildman–Crippen LogP) is 1.41. The fourth-order valence-electron chi connectivity index (χ4n) is 7.42. The van der Waals surface area contributed by atoms with E-state index in [2.05, 4.69) is 25.7 Å². The van der Waals surface area contributed by atoms with Crippen molar-refractivity contribution in [1.82, 2.24) is 4.98 Å². The third-order valence-electron chi connectivity index (χ3n) is 8.57. The van der Waals surface area contributed by atoms with Gasteiger partial charge in [0.15, 0.2) is 10.7 Å². The lowest BCUT2D eigenvalue weighted by Gasteiger charge is -2.73. The maximum Gasteiger partial charge on any atom is 0.225 e. The predicted molar refractivity (Wildman–Crippen MR) is 113 cm³/mol. The summed E-state index contributed by atoms with van der Waals surface area (Å²) in [4.78, 5) is 5.98. The molecule has 2 saturated carbocycles. The zero-order valence-electron chi connectivity index (χ0n) is 18.0. The molecule has 1 aromatic heterocycles. The Morgan fingerprint density at radius 2 is 1.93 bits per heavy atom. The molecule has 1 aromatic rings. The number of anilines is 1. The van der Waals surface area contributed by atoms with Crippen molar-refractivity contribution in [2.45, 2.75) is 69.0 Å². The van der Waals surface area contributed by atoms with Crippen molar-refractivity contribution in [3.8, 4) is 0 Å². The van der Waals surface area contributed by atoms with Gasteiger partial charge in [-0.1, -0.05) is 26.0 Å². The summed E-state index contributed by atoms with van der Waals surface area (Å²) in [6, 6.07) is 0. The molecule has 2 bridgehead atoms. The molecule has 2 aliphatic heterocycles. The molecule has 3 aliphatic carbocycles. The SMILES string of the molecule is C=C(C)[C@@H]1CC[C@H]2[C@@]34CO[C@@](O)([C@@H](O)[C@@H]3C(C)(C)Cc3sc(NC)nc34)[C@@]2(O)[C@@H]1O. The van der Waals surface area contributed by atoms with Gasteiger partial charge in [-0.2, -0.15) is 0 Å². The summed E-state index contributed by atoms with van der Waals surface area (Å²) in [7, 11) is 1.83. The van der Waals surface area contributed by atoms with Crippen LogP contribution in [0.15, 0.2) is 12.2 Å². The number of ether oxygens (including phenoxy) is 1. The summed E-state index contributed by atoms with van der Waals surface area (Å²) >= 11 is 1.59. The number of aliphatic hydroxyl groups excluding tert-OH is 2. The Hall–Kier alpha value is -1.03. The Balaban J connectivity index is 1.78. The van der Waals surface area contributed by atoms with Crippen LogP contribution in [0.5, 0.6) is 0 Å². The van der Waals surface area contributed by atoms with Crippen LogP contribution in [0.2, 0.25) is 0 Å². The molecule has 166 valence electrons. The smallest absolute Gasteiger partial charge is 0.225 e. The second-order valence-corrected chi connectivity index (χ2v) is 11.6. The lowest BCUT2D eigenvalue weighted by Crippen LogP contribution is -2.88. The van der Waals surface area contributed by atoms with Gasteiger partial charge in [-0.25, -0.2) is 4.98 Å². The van der Waals surface area contributed by atoms with Gasteiger partial charge in [0.05, 0.1) is 18.4 Å². The van der Waals surface area contributed by atoms with E-state index >= 15 is 0 Å². The van der Waals surface area contributed by atoms with Crippen molar-refractivity contribution in [3.63, 3.8) is 0 Å². The lowest BCUT2D eigenvalue weighted by atomic mass is 9.38. The van der Waals surface area contributed by atoms with Gasteiger partial charge < -0.3 is 30.5 Å². The number of aliphatic hydroxyl groups is 4. The van der Waals surface area contributed by atoms with Gasteiger partial charge in [-0.05, 0) is 31.6 Å². The first-order valence-corrected chi connectivity index (χ1v) is 11.5. The topological polar surface area (TPSA) is 115 Å². The molecule has 3 heterocycles. The minimum atomic E-state index is -2.24. The van der Waals surface area contributed by atoms with E-state index in [0.29, 0.717) is 12.8 Å². The van der Waals surface area contributed by atoms with Gasteiger partial charge in [0.25, 0.3) is 0 Å². The standard InChI is InChI=1S/C22H32N2O5S/c1-10(2)11-6-7-13-20-9-29-22(28,21(13,27)16(11)25)17(26)14(20)19(3,4)8-12-15(20)24-18(23-5)30-12/h11,13-14,16-17,25-28H,1,6-9H2,2-5H3,(H,23,24)/t11-,13-,14+,16+,17-,20-,21-,22-/m0/s1. The normalized spacial score (nSPS) is 48.5. The Bertz CT molecular complexity index is 917. The van der Waals surface area contributed by atoms with Crippen molar-refractivity contribution in [2.24, 2.45) is 23.2 Å². The Morgan fingerprint density at radius 1 is 1.23 bits per heavy atom. The molecule has 1 spiro atoms. The van der Waals surface area contributed by atoms with Gasteiger partial charge in [0.1, 0.15) is 6.10 Å². The van der Waals surface area contributed by atoms with Crippen molar-refractivity contribution < 1.29 is 25.2 Å². The Morgan fingerprint density at radius 3 is 2.57 bits per heavy atom. The molecule has 0 amide bonds. The third kappa shape index (κ3) is 2.10. The molecule has 0 aromatic carbocycles. The van der Waals surface area contributed by atoms with E-state index in [4.69, 9.17) is 9.72 Å². The van der Waals surface area contributed by atoms with Crippen LogP contribution in [0.4, 0.5) is 5.13 Å². The average Bonchev–Trinajstić information content (AvgIpc) is 3.07. The molecule has 0 radical (unpaired) electrons. The van der Waals surface area contributed by atoms with Crippen molar-refractivity contribution in [1.29, 1.82) is 0 Å². The number of hydrogen-bond donors (Lipinski definition) is 5. The van der Waals surface area contributed by atoms with E-state index in [1.54, 1.807) is 11.3 Å². The summed E-state index contributed by atoms with van der Waals surface area (Å²) in [6.45, 7) is 10.2. The van der Waals surface area contributed by atoms with E-state index < -0.39 is 34.9 Å². The molecule has 2 saturated heterocycles. The van der Waals surface area contributed by atoms with E-state index in [0.717, 1.165) is 27.7 Å². The second-order valence-electron chi connectivity index (χ2n) is 10.5. The highest BCUT2D eigenvalue weighted by molar-refractivity contribution is 7.15. The lowest BCUT2D eigenvalue weighted by molar-refractivity contribution is -0.459. The largest absolute Gasteiger partial charge is 0.389 e. The number of nitrogens with one attached hydrogen (secondary N) is 1. The number of fused-ring (bicyclic) bond motifs is 2. The number of aromatic nitrogens is 1. The molecule has 7 nitrogen and oxygen atoms in total. The van der Waals surface area contributed by atoms with Crippen LogP contribution in [-0.4, -0.2) is 62.7 Å². The summed E-state index contributed by atoms with van der Waals surface area (Å²) in [5, 5.41) is 50.4. The van der Waals surface area contributed by atoms with Crippen LogP contribution in [0, 0.1) is 23.2 Å². The number of nitrogens with zero attached hydrogens (tertiary/aromatic N) is 1. The third-order valence-corrected chi connectivity index (χ3v) is 9.64. The van der Waals surface area contributed by atoms with E-state index in [9.17, 15) is 20.4 Å². The number of thiazole rings is 1. The second kappa shape index (κ2) is 6.05. The van der Waals surface area contributed by atoms with Crippen LogP contribution in [0.1, 0.15) is 44.2 Å². The number of hydrogen-bond acceptors (Lipinski definition) is 8. The maximum absolute atomic E-state index is 12.0. The highest BCUT2D eigenvalue weighted by Gasteiger charge is 2.82. The zero-order chi connectivity index (χ0) is 21.9. The minimum absolute atomic E-state index is 0.159. The highest BCUT2D eigenvalue weighted by Crippen LogP contribution is 2.70. The van der Waals surface area contributed by atoms with Crippen molar-refractivity contribution in [2.75, 3.05) is 19.0 Å². The number of rotatable bonds is 2. The maximum atomic E-state index is 12.0. The molecule has 5 N–H and O–H groups in total. The van der Waals surface area contributed by atoms with Gasteiger partial charge >= 0.3 is 0 Å². The molecule has 0 unspecified atom stereocenters. The van der Waals surface area contributed by atoms with Crippen LogP contribution < -0.4 is 5.32 Å². The Kier molecular flexibility index (Phi) is 4.21. The van der Waals surface area contributed by atoms with Gasteiger partial charge in [0, 0.05) is 35.1 Å². The molecular formula is C22H32N2O5S. The van der Waals surface area contributed by atoms with Crippen molar-refractivity contribution in [3.05, 3.63) is 22.7 Å². The van der Waals surface area contributed by atoms with E-state index in [-0.39, 0.29) is 23.9 Å². The van der Waals surface area contributed by atoms with Crippen LogP contribution in [0.3, 0.4) is 0 Å². The van der Waals surface area contributed by atoms with Crippen LogP contribution >= 0.6 is 11.3 Å². The molecule has 8 atom stereocenters.